The van der Waals surface area contributed by atoms with Gasteiger partial charge in [0.15, 0.2) is 5.79 Å². The topological polar surface area (TPSA) is 77.9 Å². The number of carboxylic acids is 1. The van der Waals surface area contributed by atoms with Crippen LogP contribution in [-0.2, 0) is 15.7 Å². The average molecular weight is 363 g/mol. The van der Waals surface area contributed by atoms with E-state index in [0.717, 1.165) is 6.07 Å². The average Bonchev–Trinajstić information content (AvgIpc) is 3.01. The molecule has 0 amide bonds. The number of hydrogen-bond acceptors (Lipinski definition) is 5. The van der Waals surface area contributed by atoms with Gasteiger partial charge in [-0.05, 0) is 25.8 Å². The fourth-order valence-electron chi connectivity index (χ4n) is 2.54. The van der Waals surface area contributed by atoms with Gasteiger partial charge in [-0.15, -0.1) is 0 Å². The van der Waals surface area contributed by atoms with Gasteiger partial charge in [0.2, 0.25) is 5.88 Å². The molecule has 0 bridgehead atoms. The monoisotopic (exact) mass is 363 g/mol. The van der Waals surface area contributed by atoms with E-state index in [1.165, 1.54) is 0 Å². The lowest BCUT2D eigenvalue weighted by molar-refractivity contribution is -0.167. The van der Waals surface area contributed by atoms with Crippen molar-refractivity contribution in [3.63, 3.8) is 0 Å². The van der Waals surface area contributed by atoms with E-state index in [9.17, 15) is 18.0 Å². The predicted molar refractivity (Wildman–Crippen MR) is 80.4 cm³/mol. The highest BCUT2D eigenvalue weighted by Crippen LogP contribution is 2.32. The van der Waals surface area contributed by atoms with Crippen molar-refractivity contribution in [2.24, 2.45) is 0 Å². The lowest BCUT2D eigenvalue weighted by Gasteiger charge is -2.27. The molecule has 2 rings (SSSR count). The number of ether oxygens (including phenoxy) is 3. The number of aromatic nitrogens is 1. The van der Waals surface area contributed by atoms with E-state index in [-0.39, 0.29) is 5.88 Å². The van der Waals surface area contributed by atoms with Gasteiger partial charge < -0.3 is 19.3 Å². The highest BCUT2D eigenvalue weighted by Gasteiger charge is 2.36. The molecule has 140 valence electrons. The summed E-state index contributed by atoms with van der Waals surface area (Å²) in [5.74, 6) is -2.55. The molecule has 1 atom stereocenters. The van der Waals surface area contributed by atoms with Crippen molar-refractivity contribution >= 4 is 5.97 Å². The van der Waals surface area contributed by atoms with Crippen molar-refractivity contribution in [1.29, 1.82) is 0 Å². The number of carboxylic acid groups (broad SMARTS) is 1. The molecular weight excluding hydrogens is 343 g/mol. The Labute approximate surface area is 142 Å². The molecule has 1 unspecified atom stereocenters. The third-order valence-electron chi connectivity index (χ3n) is 3.95. The highest BCUT2D eigenvalue weighted by atomic mass is 19.4. The number of nitrogens with zero attached hydrogens (tertiary/aromatic N) is 1. The van der Waals surface area contributed by atoms with Crippen molar-refractivity contribution in [3.05, 3.63) is 23.4 Å². The molecule has 0 radical (unpaired) electrons. The van der Waals surface area contributed by atoms with Crippen LogP contribution in [-0.4, -0.2) is 41.2 Å². The second kappa shape index (κ2) is 7.57. The van der Waals surface area contributed by atoms with Crippen molar-refractivity contribution in [3.8, 4) is 5.88 Å². The molecule has 0 aromatic carbocycles. The van der Waals surface area contributed by atoms with Gasteiger partial charge in [0.05, 0.1) is 24.9 Å². The Morgan fingerprint density at radius 2 is 2.04 bits per heavy atom. The maximum absolute atomic E-state index is 12.9. The van der Waals surface area contributed by atoms with Gasteiger partial charge in [-0.25, -0.2) is 9.78 Å². The maximum Gasteiger partial charge on any atom is 0.433 e. The van der Waals surface area contributed by atoms with E-state index in [2.05, 4.69) is 4.98 Å². The SMILES string of the molecule is CCC1(CCC(C)Oc2cc(C(=O)O)cc(C(F)(F)F)n2)OCCO1. The fourth-order valence-corrected chi connectivity index (χ4v) is 2.54. The summed E-state index contributed by atoms with van der Waals surface area (Å²) in [6.07, 6.45) is -3.65. The summed E-state index contributed by atoms with van der Waals surface area (Å²) in [6, 6.07) is 1.46. The second-order valence-electron chi connectivity index (χ2n) is 5.81. The minimum absolute atomic E-state index is 0.376. The van der Waals surface area contributed by atoms with Gasteiger partial charge >= 0.3 is 12.1 Å². The Bertz CT molecular complexity index is 614. The normalized spacial score (nSPS) is 18.1. The lowest BCUT2D eigenvalue weighted by atomic mass is 10.1. The molecule has 1 fully saturated rings. The first-order chi connectivity index (χ1) is 11.6. The number of halogens is 3. The molecule has 1 N–H and O–H groups in total. The zero-order chi connectivity index (χ0) is 18.7. The molecule has 9 heteroatoms. The van der Waals surface area contributed by atoms with Crippen LogP contribution in [0.25, 0.3) is 0 Å². The maximum atomic E-state index is 12.9. The van der Waals surface area contributed by atoms with Gasteiger partial charge in [0.25, 0.3) is 0 Å². The molecule has 6 nitrogen and oxygen atoms in total. The predicted octanol–water partition coefficient (Wildman–Crippen LogP) is 3.50. The van der Waals surface area contributed by atoms with Crippen LogP contribution >= 0.6 is 0 Å². The summed E-state index contributed by atoms with van der Waals surface area (Å²) in [7, 11) is 0. The first kappa shape index (κ1) is 19.5. The summed E-state index contributed by atoms with van der Waals surface area (Å²) < 4.78 is 55.1. The molecule has 1 aliphatic rings. The van der Waals surface area contributed by atoms with Crippen LogP contribution < -0.4 is 4.74 Å². The van der Waals surface area contributed by atoms with Gasteiger partial charge in [-0.2, -0.15) is 13.2 Å². The summed E-state index contributed by atoms with van der Waals surface area (Å²) in [4.78, 5) is 14.4. The summed E-state index contributed by atoms with van der Waals surface area (Å²) in [5.41, 5.74) is -1.83. The molecular formula is C16H20F3NO5. The second-order valence-corrected chi connectivity index (χ2v) is 5.81. The van der Waals surface area contributed by atoms with Crippen molar-refractivity contribution in [1.82, 2.24) is 4.98 Å². The Kier molecular flexibility index (Phi) is 5.89. The number of hydrogen-bond donors (Lipinski definition) is 1. The lowest BCUT2D eigenvalue weighted by Crippen LogP contribution is -2.31. The van der Waals surface area contributed by atoms with Crippen LogP contribution in [0.4, 0.5) is 13.2 Å². The summed E-state index contributed by atoms with van der Waals surface area (Å²) in [5, 5.41) is 8.96. The largest absolute Gasteiger partial charge is 0.478 e. The summed E-state index contributed by atoms with van der Waals surface area (Å²) in [6.45, 7) is 4.59. The zero-order valence-corrected chi connectivity index (χ0v) is 13.9. The van der Waals surface area contributed by atoms with Gasteiger partial charge in [-0.3, -0.25) is 0 Å². The molecule has 1 saturated heterocycles. The van der Waals surface area contributed by atoms with E-state index in [0.29, 0.717) is 38.5 Å². The Balaban J connectivity index is 2.07. The third-order valence-corrected chi connectivity index (χ3v) is 3.95. The van der Waals surface area contributed by atoms with E-state index in [1.807, 2.05) is 6.92 Å². The van der Waals surface area contributed by atoms with E-state index in [4.69, 9.17) is 19.3 Å². The smallest absolute Gasteiger partial charge is 0.433 e. The molecule has 1 aromatic heterocycles. The summed E-state index contributed by atoms with van der Waals surface area (Å²) >= 11 is 0. The number of aromatic carboxylic acids is 1. The first-order valence-electron chi connectivity index (χ1n) is 7.92. The van der Waals surface area contributed by atoms with E-state index in [1.54, 1.807) is 6.92 Å². The van der Waals surface area contributed by atoms with Crippen molar-refractivity contribution in [2.75, 3.05) is 13.2 Å². The van der Waals surface area contributed by atoms with Crippen LogP contribution in [0.1, 0.15) is 49.2 Å². The first-order valence-corrected chi connectivity index (χ1v) is 7.92. The van der Waals surface area contributed by atoms with Crippen LogP contribution in [0.15, 0.2) is 12.1 Å². The third kappa shape index (κ3) is 5.05. The van der Waals surface area contributed by atoms with Gasteiger partial charge in [0, 0.05) is 12.5 Å². The minimum Gasteiger partial charge on any atom is -0.478 e. The highest BCUT2D eigenvalue weighted by molar-refractivity contribution is 5.88. The molecule has 1 aromatic rings. The van der Waals surface area contributed by atoms with Crippen LogP contribution in [0.3, 0.4) is 0 Å². The Morgan fingerprint density at radius 1 is 1.40 bits per heavy atom. The number of pyridine rings is 1. The van der Waals surface area contributed by atoms with Crippen LogP contribution in [0, 0.1) is 0 Å². The van der Waals surface area contributed by atoms with Crippen LogP contribution in [0.2, 0.25) is 0 Å². The molecule has 25 heavy (non-hydrogen) atoms. The molecule has 0 saturated carbocycles. The molecule has 0 aliphatic carbocycles. The number of rotatable bonds is 7. The zero-order valence-electron chi connectivity index (χ0n) is 13.9. The fraction of sp³-hybridized carbons (Fsp3) is 0.625. The Morgan fingerprint density at radius 3 is 2.56 bits per heavy atom. The standard InChI is InChI=1S/C16H20F3NO5/c1-3-15(23-6-7-24-15)5-4-10(2)25-13-9-11(14(21)22)8-12(20-13)16(17,18)19/h8-10H,3-7H2,1-2H3,(H,21,22). The minimum atomic E-state index is -4.76. The molecule has 2 heterocycles. The van der Waals surface area contributed by atoms with Crippen molar-refractivity contribution < 1.29 is 37.3 Å². The van der Waals surface area contributed by atoms with E-state index >= 15 is 0 Å². The molecule has 0 spiro atoms. The molecule has 1 aliphatic heterocycles. The van der Waals surface area contributed by atoms with E-state index < -0.39 is 35.3 Å². The van der Waals surface area contributed by atoms with Gasteiger partial charge in [-0.1, -0.05) is 6.92 Å². The Hall–Kier alpha value is -1.87. The van der Waals surface area contributed by atoms with Crippen LogP contribution in [0.5, 0.6) is 5.88 Å². The van der Waals surface area contributed by atoms with Gasteiger partial charge in [0.1, 0.15) is 5.69 Å². The van der Waals surface area contributed by atoms with Crippen molar-refractivity contribution in [2.45, 2.75) is 51.2 Å². The quantitative estimate of drug-likeness (QED) is 0.799. The number of carbonyl (C=O) groups is 1. The number of alkyl halides is 3.